The van der Waals surface area contributed by atoms with Gasteiger partial charge in [-0.3, -0.25) is 4.79 Å². The fourth-order valence-electron chi connectivity index (χ4n) is 6.57. The van der Waals surface area contributed by atoms with Crippen molar-refractivity contribution >= 4 is 23.0 Å². The summed E-state index contributed by atoms with van der Waals surface area (Å²) in [4.78, 5) is 27.0. The van der Waals surface area contributed by atoms with E-state index in [0.717, 1.165) is 12.1 Å². The van der Waals surface area contributed by atoms with Crippen LogP contribution in [0, 0.1) is 0 Å². The van der Waals surface area contributed by atoms with Gasteiger partial charge in [-0.1, -0.05) is 0 Å². The summed E-state index contributed by atoms with van der Waals surface area (Å²) in [6.45, 7) is -1.51. The summed E-state index contributed by atoms with van der Waals surface area (Å²) in [7, 11) is 2.59. The summed E-state index contributed by atoms with van der Waals surface area (Å²) >= 11 is 0. The van der Waals surface area contributed by atoms with Gasteiger partial charge in [0, 0.05) is 17.7 Å². The van der Waals surface area contributed by atoms with Crippen LogP contribution in [0.4, 0.5) is 0 Å². The van der Waals surface area contributed by atoms with Crippen molar-refractivity contribution in [2.24, 2.45) is 0 Å². The summed E-state index contributed by atoms with van der Waals surface area (Å²) in [5, 5.41) is 107. The Kier molecular flexibility index (Phi) is 11.2. The van der Waals surface area contributed by atoms with Crippen LogP contribution in [0.2, 0.25) is 0 Å². The van der Waals surface area contributed by atoms with Gasteiger partial charge in [-0.15, -0.1) is 0 Å². The highest BCUT2D eigenvalue weighted by Crippen LogP contribution is 2.51. The molecule has 9 atom stereocenters. The van der Waals surface area contributed by atoms with E-state index >= 15 is 0 Å². The minimum Gasteiger partial charge on any atom is -0.508 e. The minimum absolute atomic E-state index is 0.0174. The molecule has 0 aliphatic carbocycles. The third-order valence-electron chi connectivity index (χ3n) is 9.45. The highest BCUT2D eigenvalue weighted by atomic mass is 16.6. The molecule has 2 aliphatic heterocycles. The molecule has 55 heavy (non-hydrogen) atoms. The van der Waals surface area contributed by atoms with E-state index in [2.05, 4.69) is 0 Å². The number of aliphatic hydroxyl groups is 6. The Labute approximate surface area is 310 Å². The van der Waals surface area contributed by atoms with Crippen LogP contribution in [0.25, 0.3) is 28.4 Å². The van der Waals surface area contributed by atoms with Gasteiger partial charge in [0.25, 0.3) is 0 Å². The molecule has 1 aromatic heterocycles. The van der Waals surface area contributed by atoms with Crippen molar-refractivity contribution in [3.8, 4) is 45.8 Å². The smallest absolute Gasteiger partial charge is 0.331 e. The summed E-state index contributed by atoms with van der Waals surface area (Å²) in [5.74, 6) is -3.65. The van der Waals surface area contributed by atoms with Crippen molar-refractivity contribution in [3.63, 3.8) is 0 Å². The van der Waals surface area contributed by atoms with Crippen molar-refractivity contribution in [2.45, 2.75) is 54.9 Å². The summed E-state index contributed by atoms with van der Waals surface area (Å²) in [6.07, 6.45) is -14.4. The maximum absolute atomic E-state index is 13.8. The Balaban J connectivity index is 1.49. The molecule has 0 saturated carbocycles. The molecule has 2 aliphatic rings. The van der Waals surface area contributed by atoms with Gasteiger partial charge in [0.05, 0.1) is 38.6 Å². The van der Waals surface area contributed by atoms with Crippen molar-refractivity contribution < 1.29 is 84.0 Å². The summed E-state index contributed by atoms with van der Waals surface area (Å²) < 4.78 is 33.2. The number of carbonyl (C=O) groups is 1. The second kappa shape index (κ2) is 15.7. The third-order valence-corrected chi connectivity index (χ3v) is 9.45. The van der Waals surface area contributed by atoms with Crippen LogP contribution in [-0.4, -0.2) is 127 Å². The van der Waals surface area contributed by atoms with E-state index in [1.807, 2.05) is 0 Å². The lowest BCUT2D eigenvalue weighted by molar-refractivity contribution is -0.232. The number of methoxy groups -OCH3 is 2. The molecule has 6 rings (SSSR count). The summed E-state index contributed by atoms with van der Waals surface area (Å²) in [6, 6.07) is 9.10. The van der Waals surface area contributed by atoms with E-state index in [4.69, 9.17) is 28.1 Å². The Bertz CT molecular complexity index is 2120. The van der Waals surface area contributed by atoms with Gasteiger partial charge >= 0.3 is 5.97 Å². The molecule has 18 heteroatoms. The third kappa shape index (κ3) is 7.24. The van der Waals surface area contributed by atoms with Crippen LogP contribution in [0.5, 0.6) is 34.5 Å². The first kappa shape index (κ1) is 39.3. The molecular formula is C37H38O18. The van der Waals surface area contributed by atoms with Gasteiger partial charge in [-0.25, -0.2) is 4.79 Å². The number of aromatic hydroxyl groups is 4. The number of phenolic OH excluding ortho intramolecular Hbond substituents is 4. The molecule has 10 N–H and O–H groups in total. The Hall–Kier alpha value is -5.44. The lowest BCUT2D eigenvalue weighted by atomic mass is 9.85. The standard InChI is InChI=1S/C37H38O18/c1-50-20-9-14(10-21(51-2)28(20)44)3-8-23(42)55-37-27(43)18(41)13-52-36(37)25-30(46)24-17(40)11-19(15-4-6-16(39)7-5-15)53-34(24)26(31(25)47)35-33(49)32(48)29(45)22(12-38)54-35/h3-11,18,22,27,29,32-33,35-39,41,43-49H,12-13H2,1-2H3/b8-3+/t18-,22+,27-,29-,32-,33+,35-,36-,37+/m0/s1. The number of esters is 1. The van der Waals surface area contributed by atoms with Crippen LogP contribution in [0.3, 0.4) is 0 Å². The zero-order valence-corrected chi connectivity index (χ0v) is 29.0. The zero-order chi connectivity index (χ0) is 39.9. The second-order valence-corrected chi connectivity index (χ2v) is 12.8. The van der Waals surface area contributed by atoms with Gasteiger partial charge in [-0.2, -0.15) is 0 Å². The van der Waals surface area contributed by atoms with E-state index in [1.54, 1.807) is 0 Å². The van der Waals surface area contributed by atoms with Crippen molar-refractivity contribution in [1.29, 1.82) is 0 Å². The molecule has 0 amide bonds. The maximum Gasteiger partial charge on any atom is 0.331 e. The SMILES string of the molecule is COc1cc(/C=C/C(=O)O[C@@H]2[C@@H](O)[C@@H](O)CO[C@H]2c2c(O)c([C@@H]3O[C@H](CO)[C@H](O)[C@H](O)[C@H]3O)c3oc(-c4ccc(O)cc4)cc(=O)c3c2O)cc(OC)c1O. The molecule has 18 nitrogen and oxygen atoms in total. The van der Waals surface area contributed by atoms with E-state index in [-0.39, 0.29) is 34.3 Å². The number of aliphatic hydroxyl groups excluding tert-OH is 6. The van der Waals surface area contributed by atoms with Crippen LogP contribution >= 0.6 is 0 Å². The molecule has 4 aromatic rings. The van der Waals surface area contributed by atoms with Gasteiger partial charge in [0.2, 0.25) is 5.75 Å². The predicted molar refractivity (Wildman–Crippen MR) is 186 cm³/mol. The van der Waals surface area contributed by atoms with Gasteiger partial charge in [0.1, 0.15) is 77.2 Å². The average Bonchev–Trinajstić information content (AvgIpc) is 3.16. The zero-order valence-electron chi connectivity index (χ0n) is 29.0. The van der Waals surface area contributed by atoms with Gasteiger partial charge in [-0.05, 0) is 48.0 Å². The molecule has 2 fully saturated rings. The molecule has 0 bridgehead atoms. The van der Waals surface area contributed by atoms with Crippen LogP contribution in [0.1, 0.15) is 28.9 Å². The van der Waals surface area contributed by atoms with Crippen LogP contribution < -0.4 is 14.9 Å². The Morgan fingerprint density at radius 3 is 2.09 bits per heavy atom. The number of fused-ring (bicyclic) bond motifs is 1. The quantitative estimate of drug-likeness (QED) is 0.0805. The molecule has 3 heterocycles. The molecule has 0 radical (unpaired) electrons. The van der Waals surface area contributed by atoms with Gasteiger partial charge < -0.3 is 79.2 Å². The first-order valence-electron chi connectivity index (χ1n) is 16.7. The fourth-order valence-corrected chi connectivity index (χ4v) is 6.57. The number of rotatable bonds is 9. The maximum atomic E-state index is 13.8. The number of hydrogen-bond acceptors (Lipinski definition) is 18. The number of ether oxygens (including phenoxy) is 5. The second-order valence-electron chi connectivity index (χ2n) is 12.8. The largest absolute Gasteiger partial charge is 0.508 e. The van der Waals surface area contributed by atoms with E-state index in [0.29, 0.717) is 5.56 Å². The van der Waals surface area contributed by atoms with Crippen molar-refractivity contribution in [1.82, 2.24) is 0 Å². The van der Waals surface area contributed by atoms with Crippen molar-refractivity contribution in [2.75, 3.05) is 27.4 Å². The molecule has 0 spiro atoms. The number of benzene rings is 3. The van der Waals surface area contributed by atoms with Crippen LogP contribution in [0.15, 0.2) is 57.8 Å². The van der Waals surface area contributed by atoms with E-state index in [1.165, 1.54) is 56.7 Å². The predicted octanol–water partition coefficient (Wildman–Crippen LogP) is 0.233. The highest BCUT2D eigenvalue weighted by Gasteiger charge is 2.49. The van der Waals surface area contributed by atoms with E-state index < -0.39 is 113 Å². The van der Waals surface area contributed by atoms with E-state index in [9.17, 15) is 60.7 Å². The van der Waals surface area contributed by atoms with Crippen molar-refractivity contribution in [3.05, 3.63) is 75.5 Å². The normalized spacial score (nSPS) is 26.9. The Morgan fingerprint density at radius 2 is 1.47 bits per heavy atom. The number of hydrogen-bond donors (Lipinski definition) is 10. The minimum atomic E-state index is -2.05. The van der Waals surface area contributed by atoms with Crippen LogP contribution in [-0.2, 0) is 19.0 Å². The monoisotopic (exact) mass is 770 g/mol. The molecular weight excluding hydrogens is 732 g/mol. The fraction of sp³-hybridized carbons (Fsp3) is 0.351. The van der Waals surface area contributed by atoms with Gasteiger partial charge in [0.15, 0.2) is 28.6 Å². The first-order valence-corrected chi connectivity index (χ1v) is 16.7. The topological polar surface area (TPSA) is 296 Å². The molecule has 0 unspecified atom stereocenters. The number of phenols is 4. The lowest BCUT2D eigenvalue weighted by Crippen LogP contribution is -2.55. The number of carbonyl (C=O) groups excluding carboxylic acids is 1. The first-order chi connectivity index (χ1) is 26.2. The molecule has 3 aromatic carbocycles. The highest BCUT2D eigenvalue weighted by molar-refractivity contribution is 5.92. The lowest BCUT2D eigenvalue weighted by Gasteiger charge is -2.41. The summed E-state index contributed by atoms with van der Waals surface area (Å²) in [5.41, 5.74) is -2.23. The average molecular weight is 771 g/mol. The Morgan fingerprint density at radius 1 is 0.818 bits per heavy atom. The molecule has 294 valence electrons. The molecule has 2 saturated heterocycles.